The van der Waals surface area contributed by atoms with E-state index in [9.17, 15) is 9.59 Å². The molecule has 1 heterocycles. The Kier molecular flexibility index (Phi) is 5.53. The van der Waals surface area contributed by atoms with Crippen LogP contribution >= 0.6 is 11.3 Å². The average Bonchev–Trinajstić information content (AvgIpc) is 2.98. The summed E-state index contributed by atoms with van der Waals surface area (Å²) in [5, 5.41) is 3.58. The first-order valence-corrected chi connectivity index (χ1v) is 9.50. The van der Waals surface area contributed by atoms with Crippen molar-refractivity contribution in [2.45, 2.75) is 39.0 Å². The summed E-state index contributed by atoms with van der Waals surface area (Å²) in [4.78, 5) is 25.9. The highest BCUT2D eigenvalue weighted by atomic mass is 32.1. The summed E-state index contributed by atoms with van der Waals surface area (Å²) in [5.74, 6) is 0.189. The molecule has 3 rings (SSSR count). The number of amides is 1. The van der Waals surface area contributed by atoms with E-state index in [2.05, 4.69) is 12.2 Å². The molecule has 4 nitrogen and oxygen atoms in total. The lowest BCUT2D eigenvalue weighted by Gasteiger charge is -2.20. The van der Waals surface area contributed by atoms with E-state index >= 15 is 0 Å². The normalized spacial score (nSPS) is 16.2. The third-order valence-electron chi connectivity index (χ3n) is 4.79. The Morgan fingerprint density at radius 2 is 2.04 bits per heavy atom. The summed E-state index contributed by atoms with van der Waals surface area (Å²) in [7, 11) is 1.39. The molecule has 0 aliphatic heterocycles. The number of fused-ring (bicyclic) bond motifs is 1. The van der Waals surface area contributed by atoms with Crippen LogP contribution in [-0.2, 0) is 28.8 Å². The maximum Gasteiger partial charge on any atom is 0.341 e. The standard InChI is InChI=1S/C20H23NO3S/c1-3-13-9-10-15-16(11-13)25-19(18(15)20(23)24-2)21-17(22)12-14-7-5-4-6-8-14/h4-8,13H,3,9-12H2,1-2H3,(H,21,22)/t13-/m1/s1. The van der Waals surface area contributed by atoms with Gasteiger partial charge >= 0.3 is 5.97 Å². The molecule has 2 aromatic rings. The Labute approximate surface area is 152 Å². The van der Waals surface area contributed by atoms with Crippen molar-refractivity contribution in [1.82, 2.24) is 0 Å². The zero-order valence-electron chi connectivity index (χ0n) is 14.6. The quantitative estimate of drug-likeness (QED) is 0.815. The Hall–Kier alpha value is -2.14. The second-order valence-corrected chi connectivity index (χ2v) is 7.53. The largest absolute Gasteiger partial charge is 0.465 e. The molecule has 1 aliphatic rings. The maximum atomic E-state index is 12.4. The lowest BCUT2D eigenvalue weighted by Crippen LogP contribution is -2.17. The molecular formula is C20H23NO3S. The number of carbonyl (C=O) groups excluding carboxylic acids is 2. The van der Waals surface area contributed by atoms with E-state index in [-0.39, 0.29) is 11.9 Å². The molecule has 1 aromatic heterocycles. The van der Waals surface area contributed by atoms with E-state index in [1.54, 1.807) is 0 Å². The summed E-state index contributed by atoms with van der Waals surface area (Å²) in [5.41, 5.74) is 2.57. The molecule has 0 fully saturated rings. The van der Waals surface area contributed by atoms with Crippen molar-refractivity contribution in [2.24, 2.45) is 5.92 Å². The molecule has 0 bridgehead atoms. The minimum Gasteiger partial charge on any atom is -0.465 e. The van der Waals surface area contributed by atoms with Crippen molar-refractivity contribution >= 4 is 28.2 Å². The van der Waals surface area contributed by atoms with Gasteiger partial charge in [-0.1, -0.05) is 43.7 Å². The molecule has 5 heteroatoms. The monoisotopic (exact) mass is 357 g/mol. The number of ether oxygens (including phenoxy) is 1. The fraction of sp³-hybridized carbons (Fsp3) is 0.400. The number of nitrogens with one attached hydrogen (secondary N) is 1. The molecule has 0 saturated heterocycles. The molecule has 0 radical (unpaired) electrons. The number of carbonyl (C=O) groups is 2. The van der Waals surface area contributed by atoms with Gasteiger partial charge in [0.15, 0.2) is 0 Å². The van der Waals surface area contributed by atoms with Crippen molar-refractivity contribution in [3.8, 4) is 0 Å². The third kappa shape index (κ3) is 3.93. The summed E-state index contributed by atoms with van der Waals surface area (Å²) in [6.07, 6.45) is 4.38. The number of methoxy groups -OCH3 is 1. The van der Waals surface area contributed by atoms with Crippen molar-refractivity contribution in [2.75, 3.05) is 12.4 Å². The number of hydrogen-bond donors (Lipinski definition) is 1. The molecule has 1 amide bonds. The number of rotatable bonds is 5. The molecule has 0 unspecified atom stereocenters. The number of benzene rings is 1. The van der Waals surface area contributed by atoms with Gasteiger partial charge in [0, 0.05) is 4.88 Å². The van der Waals surface area contributed by atoms with E-state index in [1.807, 2.05) is 30.3 Å². The van der Waals surface area contributed by atoms with Gasteiger partial charge in [-0.05, 0) is 36.3 Å². The van der Waals surface area contributed by atoms with Gasteiger partial charge in [-0.25, -0.2) is 4.79 Å². The van der Waals surface area contributed by atoms with Gasteiger partial charge in [-0.2, -0.15) is 0 Å². The molecule has 25 heavy (non-hydrogen) atoms. The lowest BCUT2D eigenvalue weighted by molar-refractivity contribution is -0.115. The van der Waals surface area contributed by atoms with Gasteiger partial charge in [0.25, 0.3) is 0 Å². The fourth-order valence-electron chi connectivity index (χ4n) is 3.36. The van der Waals surface area contributed by atoms with Crippen molar-refractivity contribution < 1.29 is 14.3 Å². The minimum atomic E-state index is -0.359. The van der Waals surface area contributed by atoms with E-state index in [4.69, 9.17) is 4.74 Å². The first kappa shape index (κ1) is 17.7. The van der Waals surface area contributed by atoms with Crippen molar-refractivity contribution in [3.63, 3.8) is 0 Å². The third-order valence-corrected chi connectivity index (χ3v) is 5.96. The fourth-order valence-corrected chi connectivity index (χ4v) is 4.73. The van der Waals surface area contributed by atoms with Crippen LogP contribution in [0.5, 0.6) is 0 Å². The first-order chi connectivity index (χ1) is 12.1. The Morgan fingerprint density at radius 3 is 2.72 bits per heavy atom. The molecule has 0 saturated carbocycles. The van der Waals surface area contributed by atoms with Crippen LogP contribution in [0.1, 0.15) is 46.1 Å². The second-order valence-electron chi connectivity index (χ2n) is 6.43. The maximum absolute atomic E-state index is 12.4. The molecule has 1 atom stereocenters. The SMILES string of the molecule is CC[C@@H]1CCc2c(sc(NC(=O)Cc3ccccc3)c2C(=O)OC)C1. The van der Waals surface area contributed by atoms with E-state index < -0.39 is 0 Å². The van der Waals surface area contributed by atoms with Gasteiger partial charge in [0.05, 0.1) is 19.1 Å². The molecule has 1 aliphatic carbocycles. The zero-order valence-corrected chi connectivity index (χ0v) is 15.4. The summed E-state index contributed by atoms with van der Waals surface area (Å²) in [6, 6.07) is 9.60. The Balaban J connectivity index is 1.84. The second kappa shape index (κ2) is 7.83. The number of anilines is 1. The Morgan fingerprint density at radius 1 is 1.28 bits per heavy atom. The average molecular weight is 357 g/mol. The van der Waals surface area contributed by atoms with Crippen LogP contribution in [-0.4, -0.2) is 19.0 Å². The summed E-state index contributed by atoms with van der Waals surface area (Å²) >= 11 is 1.53. The van der Waals surface area contributed by atoms with Crippen LogP contribution in [0, 0.1) is 5.92 Å². The van der Waals surface area contributed by atoms with Gasteiger partial charge in [0.2, 0.25) is 5.91 Å². The van der Waals surface area contributed by atoms with Gasteiger partial charge in [-0.3, -0.25) is 4.79 Å². The van der Waals surface area contributed by atoms with Gasteiger partial charge in [-0.15, -0.1) is 11.3 Å². The Bertz CT molecular complexity index is 767. The zero-order chi connectivity index (χ0) is 17.8. The molecule has 1 N–H and O–H groups in total. The van der Waals surface area contributed by atoms with Crippen LogP contribution in [0.2, 0.25) is 0 Å². The number of esters is 1. The smallest absolute Gasteiger partial charge is 0.341 e. The molecule has 1 aromatic carbocycles. The lowest BCUT2D eigenvalue weighted by atomic mass is 9.85. The van der Waals surface area contributed by atoms with E-state index in [0.717, 1.165) is 36.8 Å². The van der Waals surface area contributed by atoms with Crippen LogP contribution in [0.15, 0.2) is 30.3 Å². The van der Waals surface area contributed by atoms with Crippen molar-refractivity contribution in [1.29, 1.82) is 0 Å². The number of thiophene rings is 1. The predicted octanol–water partition coefficient (Wildman–Crippen LogP) is 4.23. The summed E-state index contributed by atoms with van der Waals surface area (Å²) in [6.45, 7) is 2.20. The highest BCUT2D eigenvalue weighted by molar-refractivity contribution is 7.17. The minimum absolute atomic E-state index is 0.109. The number of hydrogen-bond acceptors (Lipinski definition) is 4. The van der Waals surface area contributed by atoms with Crippen LogP contribution in [0.4, 0.5) is 5.00 Å². The van der Waals surface area contributed by atoms with Gasteiger partial charge in [0.1, 0.15) is 5.00 Å². The van der Waals surface area contributed by atoms with Crippen LogP contribution in [0.25, 0.3) is 0 Å². The van der Waals surface area contributed by atoms with Crippen LogP contribution in [0.3, 0.4) is 0 Å². The summed E-state index contributed by atoms with van der Waals surface area (Å²) < 4.78 is 4.97. The van der Waals surface area contributed by atoms with Gasteiger partial charge < -0.3 is 10.1 Å². The topological polar surface area (TPSA) is 55.4 Å². The van der Waals surface area contributed by atoms with Crippen molar-refractivity contribution in [3.05, 3.63) is 51.9 Å². The first-order valence-electron chi connectivity index (χ1n) is 8.69. The highest BCUT2D eigenvalue weighted by Gasteiger charge is 2.29. The molecule has 0 spiro atoms. The van der Waals surface area contributed by atoms with E-state index in [1.165, 1.54) is 23.3 Å². The molecule has 132 valence electrons. The van der Waals surface area contributed by atoms with E-state index in [0.29, 0.717) is 22.9 Å². The molecular weight excluding hydrogens is 334 g/mol. The highest BCUT2D eigenvalue weighted by Crippen LogP contribution is 2.40. The van der Waals surface area contributed by atoms with Crippen LogP contribution < -0.4 is 5.32 Å². The predicted molar refractivity (Wildman–Crippen MR) is 100 cm³/mol.